The quantitative estimate of drug-likeness (QED) is 0.154. The van der Waals surface area contributed by atoms with Gasteiger partial charge in [-0.2, -0.15) is 0 Å². The summed E-state index contributed by atoms with van der Waals surface area (Å²) in [6, 6.07) is 17.3. The number of carbonyl (C=O) groups excluding carboxylic acids is 3. The van der Waals surface area contributed by atoms with E-state index < -0.39 is 0 Å². The molecular weight excluding hydrogens is 735 g/mol. The standard InChI is InChI=1S/C27H27N7O2.C13H14N3O2.V.3H2/c1-4-34(5-2)24(35)13-20-8-9-21(15-29-20)32-27-31-14-19-7-6-18(12-23(19)33-27)22-16-30-26-25(17(22)3)28-10-11-36-26;17-12-6-9-16(13(18)14-12)11-4-2-10(3-5-11)15-7-1-8-15;;;;/h6-9,12,14-16,28H,1-2,4-5,10-11,13H2,3H3,(H,31,32,33);1-5H,6-9H2,(H,14,17,18);;3*1H/q-2;-1;;;;. The Bertz CT molecular complexity index is 2180. The number of urea groups is 1. The maximum absolute atomic E-state index is 12.3. The van der Waals surface area contributed by atoms with Gasteiger partial charge >= 0.3 is 6.03 Å². The summed E-state index contributed by atoms with van der Waals surface area (Å²) in [7, 11) is 0. The first-order valence-corrected chi connectivity index (χ1v) is 17.8. The number of anilines is 5. The summed E-state index contributed by atoms with van der Waals surface area (Å²) in [5, 5.41) is 9.83. The summed E-state index contributed by atoms with van der Waals surface area (Å²) in [5.74, 6) is 0.850. The largest absolute Gasteiger partial charge is 0.474 e. The fourth-order valence-electron chi connectivity index (χ4n) is 6.25. The molecule has 3 aromatic heterocycles. The number of carbonyl (C=O) groups is 3. The van der Waals surface area contributed by atoms with Crippen molar-refractivity contribution in [3.05, 3.63) is 105 Å². The number of imide groups is 1. The molecule has 4 amide bonds. The first-order valence-electron chi connectivity index (χ1n) is 17.8. The van der Waals surface area contributed by atoms with Gasteiger partial charge in [0, 0.05) is 82.8 Å². The number of benzene rings is 2. The summed E-state index contributed by atoms with van der Waals surface area (Å²) in [4.78, 5) is 58.4. The van der Waals surface area contributed by atoms with Gasteiger partial charge in [-0.15, -0.1) is 26.2 Å². The first kappa shape index (κ1) is 39.0. The number of amides is 4. The fourth-order valence-corrected chi connectivity index (χ4v) is 6.25. The van der Waals surface area contributed by atoms with Crippen LogP contribution in [0.25, 0.3) is 22.0 Å². The predicted octanol–water partition coefficient (Wildman–Crippen LogP) is 5.88. The monoisotopic (exact) mass is 782 g/mol. The van der Waals surface area contributed by atoms with Crippen molar-refractivity contribution in [2.24, 2.45) is 0 Å². The minimum Gasteiger partial charge on any atom is -0.474 e. The Labute approximate surface area is 336 Å². The molecule has 55 heavy (non-hydrogen) atoms. The van der Waals surface area contributed by atoms with Gasteiger partial charge in [-0.05, 0) is 60.5 Å². The fraction of sp³-hybridized carbons (Fsp3) is 0.250. The molecule has 15 heteroatoms. The Hall–Kier alpha value is -5.73. The zero-order valence-corrected chi connectivity index (χ0v) is 31.9. The van der Waals surface area contributed by atoms with Crippen LogP contribution in [0.1, 0.15) is 22.0 Å². The molecular formula is C40H47N10O4V-3. The van der Waals surface area contributed by atoms with Gasteiger partial charge in [0.15, 0.2) is 0 Å². The Morgan fingerprint density at radius 1 is 1.00 bits per heavy atom. The van der Waals surface area contributed by atoms with E-state index in [1.807, 2.05) is 60.8 Å². The third-order valence-electron chi connectivity index (χ3n) is 9.43. The molecule has 0 unspecified atom stereocenters. The van der Waals surface area contributed by atoms with Crippen molar-refractivity contribution < 1.29 is 42.0 Å². The Morgan fingerprint density at radius 3 is 2.47 bits per heavy atom. The van der Waals surface area contributed by atoms with Crippen LogP contribution >= 0.6 is 0 Å². The normalized spacial score (nSPS) is 14.5. The van der Waals surface area contributed by atoms with E-state index in [9.17, 15) is 14.4 Å². The van der Waals surface area contributed by atoms with E-state index in [4.69, 9.17) is 9.72 Å². The summed E-state index contributed by atoms with van der Waals surface area (Å²) in [5.41, 5.74) is 8.26. The van der Waals surface area contributed by atoms with E-state index in [0.717, 1.165) is 70.0 Å². The second-order valence-electron chi connectivity index (χ2n) is 12.9. The van der Waals surface area contributed by atoms with Crippen LogP contribution in [0.4, 0.5) is 33.5 Å². The molecule has 0 spiro atoms. The molecule has 3 aliphatic heterocycles. The number of nitrogens with one attached hydrogen (secondary N) is 3. The minimum atomic E-state index is -0.337. The summed E-state index contributed by atoms with van der Waals surface area (Å²) in [6.07, 6.45) is 8.07. The van der Waals surface area contributed by atoms with Crippen molar-refractivity contribution in [2.75, 3.05) is 66.3 Å². The smallest absolute Gasteiger partial charge is 0.328 e. The molecule has 2 fully saturated rings. The average Bonchev–Trinajstić information content (AvgIpc) is 3.16. The van der Waals surface area contributed by atoms with Crippen molar-refractivity contribution in [3.8, 4) is 17.0 Å². The molecule has 0 bridgehead atoms. The van der Waals surface area contributed by atoms with E-state index in [0.29, 0.717) is 50.2 Å². The van der Waals surface area contributed by atoms with E-state index in [-0.39, 0.29) is 47.1 Å². The van der Waals surface area contributed by atoms with Crippen LogP contribution in [0.15, 0.2) is 73.2 Å². The predicted molar refractivity (Wildman–Crippen MR) is 215 cm³/mol. The van der Waals surface area contributed by atoms with Crippen LogP contribution in [-0.4, -0.2) is 88.6 Å². The molecule has 0 atom stereocenters. The van der Waals surface area contributed by atoms with Gasteiger partial charge in [0.25, 0.3) is 0 Å². The maximum Gasteiger partial charge on any atom is 0.328 e. The molecule has 0 saturated carbocycles. The third kappa shape index (κ3) is 8.98. The Morgan fingerprint density at radius 2 is 1.78 bits per heavy atom. The maximum atomic E-state index is 12.3. The number of pyridine rings is 2. The van der Waals surface area contributed by atoms with E-state index in [1.54, 1.807) is 22.2 Å². The number of fused-ring (bicyclic) bond motifs is 2. The van der Waals surface area contributed by atoms with E-state index in [1.165, 1.54) is 0 Å². The number of hydrogen-bond donors (Lipinski definition) is 3. The molecule has 8 rings (SSSR count). The number of aromatic nitrogens is 4. The van der Waals surface area contributed by atoms with Gasteiger partial charge in [-0.3, -0.25) is 31.2 Å². The zero-order valence-electron chi connectivity index (χ0n) is 30.5. The van der Waals surface area contributed by atoms with Crippen LogP contribution in [0.5, 0.6) is 5.88 Å². The summed E-state index contributed by atoms with van der Waals surface area (Å²) in [6.45, 7) is 14.1. The van der Waals surface area contributed by atoms with Crippen molar-refractivity contribution in [1.82, 2.24) is 30.2 Å². The number of hydrogen-bond acceptors (Lipinski definition) is 11. The van der Waals surface area contributed by atoms with Crippen molar-refractivity contribution in [3.63, 3.8) is 0 Å². The zero-order chi connectivity index (χ0) is 37.6. The van der Waals surface area contributed by atoms with Crippen LogP contribution in [0.2, 0.25) is 0 Å². The molecule has 14 nitrogen and oxygen atoms in total. The van der Waals surface area contributed by atoms with Gasteiger partial charge in [0.05, 0.1) is 23.8 Å². The van der Waals surface area contributed by atoms with Gasteiger partial charge in [0.2, 0.25) is 23.6 Å². The summed E-state index contributed by atoms with van der Waals surface area (Å²) < 4.78 is 5.65. The second-order valence-corrected chi connectivity index (χ2v) is 12.9. The first-order chi connectivity index (χ1) is 26.3. The number of nitrogens with zero attached hydrogens (tertiary/aromatic N) is 7. The average molecular weight is 783 g/mol. The van der Waals surface area contributed by atoms with Gasteiger partial charge in [-0.1, -0.05) is 12.1 Å². The molecule has 0 aliphatic carbocycles. The van der Waals surface area contributed by atoms with E-state index >= 15 is 0 Å². The van der Waals surface area contributed by atoms with E-state index in [2.05, 4.69) is 63.0 Å². The Kier molecular flexibility index (Phi) is 12.5. The van der Waals surface area contributed by atoms with Crippen molar-refractivity contribution >= 4 is 57.4 Å². The molecule has 5 aromatic rings. The minimum absolute atomic E-state index is 0. The van der Waals surface area contributed by atoms with Crippen molar-refractivity contribution in [1.29, 1.82) is 0 Å². The Balaban J connectivity index is 0.000000348. The topological polar surface area (TPSA) is 158 Å². The molecule has 1 radical (unpaired) electrons. The summed E-state index contributed by atoms with van der Waals surface area (Å²) >= 11 is 0. The van der Waals surface area contributed by atoms with Gasteiger partial charge < -0.3 is 39.0 Å². The SMILES string of the molecule is O=C1CCN(c2ccc(N3C[CH-]C3)cc2)C(=O)N1.[CH2-]CN(C[CH2-])C(=O)Cc1ccc(Nc2ncc3ccc(-c4cnc5c(c4C)NCCO5)cc3n2)cn1.[HH].[HH].[HH].[V]. The molecule has 6 heterocycles. The van der Waals surface area contributed by atoms with Crippen molar-refractivity contribution in [2.45, 2.75) is 19.8 Å². The van der Waals surface area contributed by atoms with Crippen LogP contribution in [0, 0.1) is 27.2 Å². The van der Waals surface area contributed by atoms with Gasteiger partial charge in [-0.25, -0.2) is 19.7 Å². The number of rotatable bonds is 9. The third-order valence-corrected chi connectivity index (χ3v) is 9.43. The van der Waals surface area contributed by atoms with Gasteiger partial charge in [0.1, 0.15) is 12.3 Å². The van der Waals surface area contributed by atoms with Crippen LogP contribution in [0.3, 0.4) is 0 Å². The number of ether oxygens (including phenoxy) is 1. The second kappa shape index (κ2) is 17.6. The molecule has 3 N–H and O–H groups in total. The molecule has 289 valence electrons. The molecule has 2 saturated heterocycles. The molecule has 3 aliphatic rings. The van der Waals surface area contributed by atoms with Crippen LogP contribution in [-0.2, 0) is 34.6 Å². The van der Waals surface area contributed by atoms with Crippen LogP contribution < -0.4 is 30.5 Å². The molecule has 2 aromatic carbocycles.